The largest absolute Gasteiger partial charge is 0.434 e. The summed E-state index contributed by atoms with van der Waals surface area (Å²) in [5.74, 6) is 0.536. The molecule has 0 aliphatic heterocycles. The molecule has 12 heteroatoms. The number of halogens is 4. The Labute approximate surface area is 195 Å². The molecule has 0 spiro atoms. The van der Waals surface area contributed by atoms with Gasteiger partial charge >= 0.3 is 6.18 Å². The van der Waals surface area contributed by atoms with E-state index in [0.717, 1.165) is 22.3 Å². The molecule has 0 bridgehead atoms. The maximum absolute atomic E-state index is 12.6. The molecule has 0 atom stereocenters. The highest BCUT2D eigenvalue weighted by atomic mass is 127. The van der Waals surface area contributed by atoms with Crippen LogP contribution in [-0.4, -0.2) is 38.7 Å². The number of hydrogen-bond donors (Lipinski definition) is 2. The second-order valence-corrected chi connectivity index (χ2v) is 9.47. The van der Waals surface area contributed by atoms with Crippen molar-refractivity contribution in [1.29, 1.82) is 0 Å². The van der Waals surface area contributed by atoms with Gasteiger partial charge in [0.05, 0.1) is 17.3 Å². The number of guanidine groups is 1. The predicted molar refractivity (Wildman–Crippen MR) is 124 cm³/mol. The van der Waals surface area contributed by atoms with Crippen molar-refractivity contribution in [3.05, 3.63) is 51.5 Å². The molecule has 0 unspecified atom stereocenters. The number of aromatic nitrogens is 1. The lowest BCUT2D eigenvalue weighted by Gasteiger charge is -2.11. The van der Waals surface area contributed by atoms with E-state index in [0.29, 0.717) is 42.6 Å². The zero-order chi connectivity index (χ0) is 21.5. The summed E-state index contributed by atoms with van der Waals surface area (Å²) in [5, 5.41) is 7.57. The minimum atomic E-state index is -4.42. The van der Waals surface area contributed by atoms with E-state index in [1.165, 1.54) is 6.26 Å². The molecule has 2 rings (SSSR count). The van der Waals surface area contributed by atoms with Crippen molar-refractivity contribution in [2.24, 2.45) is 4.99 Å². The number of nitrogens with one attached hydrogen (secondary N) is 2. The molecule has 6 nitrogen and oxygen atoms in total. The maximum Gasteiger partial charge on any atom is 0.434 e. The van der Waals surface area contributed by atoms with Crippen LogP contribution in [-0.2, 0) is 34.7 Å². The fraction of sp³-hybridized carbons (Fsp3) is 0.444. The molecule has 0 saturated carbocycles. The molecule has 0 aliphatic rings. The van der Waals surface area contributed by atoms with E-state index in [4.69, 9.17) is 0 Å². The fourth-order valence-corrected chi connectivity index (χ4v) is 4.00. The van der Waals surface area contributed by atoms with Gasteiger partial charge < -0.3 is 10.6 Å². The van der Waals surface area contributed by atoms with Crippen LogP contribution in [0, 0.1) is 0 Å². The van der Waals surface area contributed by atoms with Gasteiger partial charge in [-0.05, 0) is 18.1 Å². The quantitative estimate of drug-likeness (QED) is 0.285. The summed E-state index contributed by atoms with van der Waals surface area (Å²) >= 11 is 0.983. The van der Waals surface area contributed by atoms with Gasteiger partial charge in [-0.3, -0.25) is 0 Å². The predicted octanol–water partition coefficient (Wildman–Crippen LogP) is 3.62. The van der Waals surface area contributed by atoms with Gasteiger partial charge in [0.1, 0.15) is 0 Å². The zero-order valence-corrected chi connectivity index (χ0v) is 20.5. The van der Waals surface area contributed by atoms with E-state index in [1.807, 2.05) is 19.1 Å². The van der Waals surface area contributed by atoms with Crippen molar-refractivity contribution in [3.8, 4) is 0 Å². The summed E-state index contributed by atoms with van der Waals surface area (Å²) in [5.41, 5.74) is 0.763. The number of hydrogen-bond acceptors (Lipinski definition) is 5. The Morgan fingerprint density at radius 1 is 1.17 bits per heavy atom. The average Bonchev–Trinajstić information content (AvgIpc) is 3.09. The van der Waals surface area contributed by atoms with Crippen molar-refractivity contribution in [3.63, 3.8) is 0 Å². The summed E-state index contributed by atoms with van der Waals surface area (Å²) in [4.78, 5) is 8.04. The minimum Gasteiger partial charge on any atom is -0.357 e. The van der Waals surface area contributed by atoms with Gasteiger partial charge in [0.2, 0.25) is 0 Å². The van der Waals surface area contributed by atoms with Gasteiger partial charge in [0, 0.05) is 31.1 Å². The molecule has 1 aromatic carbocycles. The van der Waals surface area contributed by atoms with E-state index in [-0.39, 0.29) is 29.7 Å². The van der Waals surface area contributed by atoms with Crippen molar-refractivity contribution < 1.29 is 21.6 Å². The van der Waals surface area contributed by atoms with Gasteiger partial charge in [0.15, 0.2) is 21.5 Å². The first-order chi connectivity index (χ1) is 13.6. The molecular weight excluding hydrogens is 552 g/mol. The van der Waals surface area contributed by atoms with Gasteiger partial charge in [-0.2, -0.15) is 13.2 Å². The number of aliphatic imine (C=N–C) groups is 1. The molecule has 2 N–H and O–H groups in total. The average molecular weight is 576 g/mol. The summed E-state index contributed by atoms with van der Waals surface area (Å²) < 4.78 is 60.4. The highest BCUT2D eigenvalue weighted by Crippen LogP contribution is 2.29. The van der Waals surface area contributed by atoms with Crippen LogP contribution in [0.3, 0.4) is 0 Å². The first-order valence-corrected chi connectivity index (χ1v) is 11.8. The third-order valence-corrected chi connectivity index (χ3v) is 5.46. The molecular formula is C18H24F3IN4O2S2. The molecule has 0 amide bonds. The maximum atomic E-state index is 12.6. The standard InChI is InChI=1S/C18H23F3N4O2S2.HI/c1-3-22-17(23-9-8-16-25-15(11-28-16)18(19,20)21)24-10-13-4-6-14(7-5-13)12-29(2,26)27;/h4-7,11H,3,8-10,12H2,1-2H3,(H2,22,23,24);1H. The highest BCUT2D eigenvalue weighted by molar-refractivity contribution is 14.0. The lowest BCUT2D eigenvalue weighted by Crippen LogP contribution is -2.38. The van der Waals surface area contributed by atoms with Crippen LogP contribution < -0.4 is 10.6 Å². The molecule has 0 saturated heterocycles. The Hall–Kier alpha value is -1.41. The molecule has 1 heterocycles. The second-order valence-electron chi connectivity index (χ2n) is 6.38. The van der Waals surface area contributed by atoms with Crippen LogP contribution in [0.15, 0.2) is 34.6 Å². The highest BCUT2D eigenvalue weighted by Gasteiger charge is 2.33. The van der Waals surface area contributed by atoms with E-state index in [9.17, 15) is 21.6 Å². The fourth-order valence-electron chi connectivity index (χ4n) is 2.40. The van der Waals surface area contributed by atoms with Crippen LogP contribution in [0.4, 0.5) is 13.2 Å². The van der Waals surface area contributed by atoms with Gasteiger partial charge in [-0.25, -0.2) is 18.4 Å². The van der Waals surface area contributed by atoms with E-state index < -0.39 is 21.7 Å². The monoisotopic (exact) mass is 576 g/mol. The van der Waals surface area contributed by atoms with Crippen LogP contribution in [0.5, 0.6) is 0 Å². The Bertz CT molecular complexity index is 930. The molecule has 0 fully saturated rings. The van der Waals surface area contributed by atoms with Crippen molar-refractivity contribution in [2.75, 3.05) is 19.3 Å². The van der Waals surface area contributed by atoms with Crippen molar-refractivity contribution >= 4 is 51.1 Å². The summed E-state index contributed by atoms with van der Waals surface area (Å²) in [6.45, 7) is 3.32. The summed E-state index contributed by atoms with van der Waals surface area (Å²) in [6.07, 6.45) is -2.88. The number of alkyl halides is 3. The van der Waals surface area contributed by atoms with Gasteiger partial charge in [-0.1, -0.05) is 24.3 Å². The van der Waals surface area contributed by atoms with Gasteiger partial charge in [-0.15, -0.1) is 35.3 Å². The third kappa shape index (κ3) is 9.60. The smallest absolute Gasteiger partial charge is 0.357 e. The van der Waals surface area contributed by atoms with Crippen molar-refractivity contribution in [2.45, 2.75) is 31.8 Å². The lowest BCUT2D eigenvalue weighted by atomic mass is 10.1. The molecule has 2 aromatic rings. The number of rotatable bonds is 8. The topological polar surface area (TPSA) is 83.5 Å². The Morgan fingerprint density at radius 3 is 2.33 bits per heavy atom. The van der Waals surface area contributed by atoms with Crippen LogP contribution >= 0.6 is 35.3 Å². The summed E-state index contributed by atoms with van der Waals surface area (Å²) in [7, 11) is -3.08. The van der Waals surface area contributed by atoms with Crippen LogP contribution in [0.25, 0.3) is 0 Å². The first kappa shape index (κ1) is 26.6. The van der Waals surface area contributed by atoms with Gasteiger partial charge in [0.25, 0.3) is 0 Å². The van der Waals surface area contributed by atoms with Crippen LogP contribution in [0.2, 0.25) is 0 Å². The minimum absolute atomic E-state index is 0. The Kier molecular flexibility index (Phi) is 10.5. The first-order valence-electron chi connectivity index (χ1n) is 8.86. The summed E-state index contributed by atoms with van der Waals surface area (Å²) in [6, 6.07) is 7.16. The molecule has 168 valence electrons. The van der Waals surface area contributed by atoms with E-state index in [1.54, 1.807) is 12.1 Å². The van der Waals surface area contributed by atoms with E-state index in [2.05, 4.69) is 20.6 Å². The molecule has 0 radical (unpaired) electrons. The molecule has 30 heavy (non-hydrogen) atoms. The SMILES string of the molecule is CCNC(=NCc1ccc(CS(C)(=O)=O)cc1)NCCc1nc(C(F)(F)F)cs1.I. The number of sulfone groups is 1. The van der Waals surface area contributed by atoms with Crippen molar-refractivity contribution in [1.82, 2.24) is 15.6 Å². The lowest BCUT2D eigenvalue weighted by molar-refractivity contribution is -0.140. The third-order valence-electron chi connectivity index (χ3n) is 3.69. The number of benzene rings is 1. The number of nitrogens with zero attached hydrogens (tertiary/aromatic N) is 2. The number of thiazole rings is 1. The molecule has 1 aromatic heterocycles. The zero-order valence-electron chi connectivity index (χ0n) is 16.5. The Morgan fingerprint density at radius 2 is 1.80 bits per heavy atom. The second kappa shape index (κ2) is 11.8. The normalized spacial score (nSPS) is 12.4. The van der Waals surface area contributed by atoms with Crippen LogP contribution in [0.1, 0.15) is 28.8 Å². The van der Waals surface area contributed by atoms with E-state index >= 15 is 0 Å². The Balaban J connectivity index is 0.00000450. The molecule has 0 aliphatic carbocycles.